The molecule has 0 aliphatic carbocycles. The van der Waals surface area contributed by atoms with Gasteiger partial charge in [-0.2, -0.15) is 0 Å². The molecule has 2 heterocycles. The van der Waals surface area contributed by atoms with Gasteiger partial charge in [-0.3, -0.25) is 14.3 Å². The molecule has 0 amide bonds. The number of rotatable bonds is 6. The van der Waals surface area contributed by atoms with E-state index in [9.17, 15) is 14.0 Å². The summed E-state index contributed by atoms with van der Waals surface area (Å²) < 4.78 is 26.3. The molecule has 0 bridgehead atoms. The Morgan fingerprint density at radius 3 is 2.79 bits per heavy atom. The molecule has 7 heteroatoms. The minimum atomic E-state index is -1.06. The van der Waals surface area contributed by atoms with Crippen LogP contribution < -0.4 is 11.2 Å². The molecule has 0 spiro atoms. The summed E-state index contributed by atoms with van der Waals surface area (Å²) in [6, 6.07) is 10.8. The van der Waals surface area contributed by atoms with Gasteiger partial charge >= 0.3 is 5.69 Å². The van der Waals surface area contributed by atoms with Gasteiger partial charge in [0.05, 0.1) is 13.2 Å². The zero-order chi connectivity index (χ0) is 17.0. The van der Waals surface area contributed by atoms with Crippen LogP contribution in [0.2, 0.25) is 0 Å². The number of nitrogens with zero attached hydrogens (tertiary/aromatic N) is 1. The predicted molar refractivity (Wildman–Crippen MR) is 85.5 cm³/mol. The lowest BCUT2D eigenvalue weighted by molar-refractivity contribution is -0.125. The van der Waals surface area contributed by atoms with E-state index < -0.39 is 29.8 Å². The molecule has 1 aromatic heterocycles. The number of alkyl halides is 1. The molecule has 1 unspecified atom stereocenters. The zero-order valence-electron chi connectivity index (χ0n) is 13.1. The molecule has 1 aliphatic rings. The predicted octanol–water partition coefficient (Wildman–Crippen LogP) is 1.77. The van der Waals surface area contributed by atoms with Gasteiger partial charge in [0.15, 0.2) is 0 Å². The quantitative estimate of drug-likeness (QED) is 0.874. The van der Waals surface area contributed by atoms with Crippen molar-refractivity contribution in [2.45, 2.75) is 31.3 Å². The van der Waals surface area contributed by atoms with Crippen LogP contribution in [0.3, 0.4) is 0 Å². The smallest absolute Gasteiger partial charge is 0.330 e. The SMILES string of the molecule is O=c1ccn(C2CC[C@@](CF)(COCc3ccccc3)O2)c(=O)[nH]1. The van der Waals surface area contributed by atoms with Gasteiger partial charge in [0.1, 0.15) is 18.5 Å². The van der Waals surface area contributed by atoms with Gasteiger partial charge in [-0.15, -0.1) is 0 Å². The lowest BCUT2D eigenvalue weighted by Crippen LogP contribution is -2.38. The summed E-state index contributed by atoms with van der Waals surface area (Å²) in [7, 11) is 0. The summed E-state index contributed by atoms with van der Waals surface area (Å²) in [6.07, 6.45) is 1.68. The summed E-state index contributed by atoms with van der Waals surface area (Å²) in [5, 5.41) is 0. The molecule has 0 saturated carbocycles. The van der Waals surface area contributed by atoms with Gasteiger partial charge in [-0.05, 0) is 18.4 Å². The van der Waals surface area contributed by atoms with Crippen LogP contribution in [-0.2, 0) is 16.1 Å². The standard InChI is InChI=1S/C17H19FN2O4/c18-11-17(12-23-10-13-4-2-1-3-5-13)8-6-15(24-17)20-9-7-14(21)19-16(20)22/h1-5,7,9,15H,6,8,10-12H2,(H,19,21,22)/t15?,17-/m1/s1. The fraction of sp³-hybridized carbons (Fsp3) is 0.412. The van der Waals surface area contributed by atoms with E-state index in [0.29, 0.717) is 19.4 Å². The number of aromatic nitrogens is 2. The summed E-state index contributed by atoms with van der Waals surface area (Å²) in [4.78, 5) is 25.1. The third-order valence-corrected chi connectivity index (χ3v) is 4.11. The van der Waals surface area contributed by atoms with Crippen molar-refractivity contribution in [3.63, 3.8) is 0 Å². The third kappa shape index (κ3) is 3.63. The first kappa shape index (κ1) is 16.6. The van der Waals surface area contributed by atoms with E-state index in [1.165, 1.54) is 16.8 Å². The van der Waals surface area contributed by atoms with Crippen LogP contribution in [0.4, 0.5) is 4.39 Å². The fourth-order valence-corrected chi connectivity index (χ4v) is 2.82. The van der Waals surface area contributed by atoms with Crippen molar-refractivity contribution in [1.82, 2.24) is 9.55 Å². The molecule has 128 valence electrons. The van der Waals surface area contributed by atoms with Gasteiger partial charge in [-0.25, -0.2) is 9.18 Å². The first-order chi connectivity index (χ1) is 11.6. The number of ether oxygens (including phenoxy) is 2. The number of H-pyrrole nitrogens is 1. The molecule has 1 aliphatic heterocycles. The maximum Gasteiger partial charge on any atom is 0.330 e. The van der Waals surface area contributed by atoms with Crippen LogP contribution in [0.1, 0.15) is 24.6 Å². The molecule has 1 saturated heterocycles. The molecular formula is C17H19FN2O4. The highest BCUT2D eigenvalue weighted by Gasteiger charge is 2.42. The van der Waals surface area contributed by atoms with Crippen molar-refractivity contribution in [2.24, 2.45) is 0 Å². The van der Waals surface area contributed by atoms with Gasteiger partial charge in [0, 0.05) is 12.3 Å². The maximum atomic E-state index is 13.6. The minimum absolute atomic E-state index is 0.104. The van der Waals surface area contributed by atoms with Gasteiger partial charge in [0.2, 0.25) is 0 Å². The van der Waals surface area contributed by atoms with Crippen LogP contribution in [0, 0.1) is 0 Å². The van der Waals surface area contributed by atoms with Gasteiger partial charge in [-0.1, -0.05) is 30.3 Å². The lowest BCUT2D eigenvalue weighted by Gasteiger charge is -2.26. The van der Waals surface area contributed by atoms with Gasteiger partial charge < -0.3 is 9.47 Å². The van der Waals surface area contributed by atoms with Crippen molar-refractivity contribution in [1.29, 1.82) is 0 Å². The topological polar surface area (TPSA) is 73.3 Å². The van der Waals surface area contributed by atoms with Crippen molar-refractivity contribution in [3.05, 3.63) is 69.0 Å². The number of benzene rings is 1. The maximum absolute atomic E-state index is 13.6. The fourth-order valence-electron chi connectivity index (χ4n) is 2.82. The molecule has 0 radical (unpaired) electrons. The number of hydrogen-bond donors (Lipinski definition) is 1. The summed E-state index contributed by atoms with van der Waals surface area (Å²) in [6.45, 7) is -0.224. The Bertz CT molecular complexity index is 789. The molecular weight excluding hydrogens is 315 g/mol. The Morgan fingerprint density at radius 2 is 2.08 bits per heavy atom. The van der Waals surface area contributed by atoms with Crippen molar-refractivity contribution in [3.8, 4) is 0 Å². The van der Waals surface area contributed by atoms with E-state index in [0.717, 1.165) is 5.56 Å². The Kier molecular flexibility index (Phi) is 4.92. The number of halogens is 1. The van der Waals surface area contributed by atoms with Crippen LogP contribution >= 0.6 is 0 Å². The molecule has 2 atom stereocenters. The average Bonchev–Trinajstić information content (AvgIpc) is 3.00. The van der Waals surface area contributed by atoms with E-state index >= 15 is 0 Å². The highest BCUT2D eigenvalue weighted by molar-refractivity contribution is 5.13. The second-order valence-electron chi connectivity index (χ2n) is 5.92. The Morgan fingerprint density at radius 1 is 1.29 bits per heavy atom. The van der Waals surface area contributed by atoms with Crippen LogP contribution in [0.25, 0.3) is 0 Å². The third-order valence-electron chi connectivity index (χ3n) is 4.11. The second kappa shape index (κ2) is 7.11. The van der Waals surface area contributed by atoms with Crippen LogP contribution in [0.15, 0.2) is 52.2 Å². The Balaban J connectivity index is 1.64. The number of hydrogen-bond acceptors (Lipinski definition) is 4. The largest absolute Gasteiger partial charge is 0.374 e. The zero-order valence-corrected chi connectivity index (χ0v) is 13.1. The van der Waals surface area contributed by atoms with Crippen molar-refractivity contribution < 1.29 is 13.9 Å². The van der Waals surface area contributed by atoms with Crippen LogP contribution in [-0.4, -0.2) is 28.4 Å². The number of aromatic amines is 1. The number of nitrogens with one attached hydrogen (secondary N) is 1. The van der Waals surface area contributed by atoms with Crippen molar-refractivity contribution in [2.75, 3.05) is 13.3 Å². The van der Waals surface area contributed by atoms with Crippen molar-refractivity contribution >= 4 is 0 Å². The van der Waals surface area contributed by atoms with E-state index in [4.69, 9.17) is 9.47 Å². The van der Waals surface area contributed by atoms with Crippen LogP contribution in [0.5, 0.6) is 0 Å². The Hall–Kier alpha value is -2.25. The highest BCUT2D eigenvalue weighted by Crippen LogP contribution is 2.36. The summed E-state index contributed by atoms with van der Waals surface area (Å²) in [5.74, 6) is 0. The summed E-state index contributed by atoms with van der Waals surface area (Å²) in [5.41, 5.74) is -1.10. The average molecular weight is 334 g/mol. The normalized spacial score (nSPS) is 23.5. The first-order valence-corrected chi connectivity index (χ1v) is 7.79. The molecule has 24 heavy (non-hydrogen) atoms. The molecule has 1 fully saturated rings. The molecule has 2 aromatic rings. The first-order valence-electron chi connectivity index (χ1n) is 7.79. The lowest BCUT2D eigenvalue weighted by atomic mass is 10.0. The molecule has 1 aromatic carbocycles. The minimum Gasteiger partial charge on any atom is -0.374 e. The molecule has 1 N–H and O–H groups in total. The van der Waals surface area contributed by atoms with Gasteiger partial charge in [0.25, 0.3) is 5.56 Å². The van der Waals surface area contributed by atoms with E-state index in [1.807, 2.05) is 30.3 Å². The highest BCUT2D eigenvalue weighted by atomic mass is 19.1. The molecule has 6 nitrogen and oxygen atoms in total. The monoisotopic (exact) mass is 334 g/mol. The second-order valence-corrected chi connectivity index (χ2v) is 5.92. The van der Waals surface area contributed by atoms with E-state index in [1.54, 1.807) is 0 Å². The van der Waals surface area contributed by atoms with E-state index in [2.05, 4.69) is 4.98 Å². The summed E-state index contributed by atoms with van der Waals surface area (Å²) >= 11 is 0. The Labute approximate surface area is 137 Å². The molecule has 3 rings (SSSR count). The van der Waals surface area contributed by atoms with E-state index in [-0.39, 0.29) is 6.61 Å².